The van der Waals surface area contributed by atoms with Gasteiger partial charge < -0.3 is 14.2 Å². The largest absolute Gasteiger partial charge is 0.465 e. The minimum absolute atomic E-state index is 0.0379. The van der Waals surface area contributed by atoms with Gasteiger partial charge in [0.15, 0.2) is 11.7 Å². The molecule has 6 heteroatoms. The van der Waals surface area contributed by atoms with Crippen LogP contribution in [0.25, 0.3) is 6.08 Å². The van der Waals surface area contributed by atoms with Gasteiger partial charge in [-0.05, 0) is 25.8 Å². The van der Waals surface area contributed by atoms with E-state index in [-0.39, 0.29) is 32.2 Å². The number of benzene rings is 1. The van der Waals surface area contributed by atoms with Crippen LogP contribution in [0.3, 0.4) is 0 Å². The monoisotopic (exact) mass is 400 g/mol. The van der Waals surface area contributed by atoms with Crippen LogP contribution in [0.4, 0.5) is 0 Å². The molecule has 0 heterocycles. The lowest BCUT2D eigenvalue weighted by molar-refractivity contribution is -0.158. The third-order valence-corrected chi connectivity index (χ3v) is 3.70. The molecule has 0 N–H and O–H groups in total. The van der Waals surface area contributed by atoms with Crippen LogP contribution in [0.15, 0.2) is 30.3 Å². The topological polar surface area (TPSA) is 78.9 Å². The molecule has 0 bridgehead atoms. The zero-order valence-electron chi connectivity index (χ0n) is 17.2. The van der Waals surface area contributed by atoms with E-state index in [0.717, 1.165) is 18.4 Å². The van der Waals surface area contributed by atoms with Crippen LogP contribution >= 0.6 is 0 Å². The van der Waals surface area contributed by atoms with Crippen LogP contribution in [-0.4, -0.2) is 44.1 Å². The predicted molar refractivity (Wildman–Crippen MR) is 110 cm³/mol. The summed E-state index contributed by atoms with van der Waals surface area (Å²) in [5.41, 5.74) is 1.24. The Kier molecular flexibility index (Phi) is 11.8. The molecule has 0 radical (unpaired) electrons. The molecule has 0 amide bonds. The Balaban J connectivity index is 2.69. The normalized spacial score (nSPS) is 10.5. The lowest BCUT2D eigenvalue weighted by Crippen LogP contribution is -2.26. The van der Waals surface area contributed by atoms with Gasteiger partial charge in [-0.1, -0.05) is 49.3 Å². The molecule has 0 aliphatic heterocycles. The summed E-state index contributed by atoms with van der Waals surface area (Å²) in [6.45, 7) is 5.92. The van der Waals surface area contributed by atoms with E-state index in [4.69, 9.17) is 14.2 Å². The first kappa shape index (κ1) is 24.1. The van der Waals surface area contributed by atoms with E-state index in [1.807, 2.05) is 6.92 Å². The molecule has 0 saturated heterocycles. The smallest absolute Gasteiger partial charge is 0.324 e. The van der Waals surface area contributed by atoms with Gasteiger partial charge in [-0.25, -0.2) is 0 Å². The van der Waals surface area contributed by atoms with E-state index < -0.39 is 17.9 Å². The van der Waals surface area contributed by atoms with E-state index in [2.05, 4.69) is 11.8 Å². The maximum atomic E-state index is 12.1. The molecule has 0 aromatic heterocycles. The third kappa shape index (κ3) is 9.22. The number of carbonyl (C=O) groups excluding carboxylic acids is 3. The Morgan fingerprint density at radius 3 is 2.14 bits per heavy atom. The predicted octanol–water partition coefficient (Wildman–Crippen LogP) is 3.45. The highest BCUT2D eigenvalue weighted by atomic mass is 16.6. The van der Waals surface area contributed by atoms with Gasteiger partial charge in [0.2, 0.25) is 0 Å². The van der Waals surface area contributed by atoms with Crippen molar-refractivity contribution < 1.29 is 28.6 Å². The Labute approximate surface area is 172 Å². The Bertz CT molecular complexity index is 734. The SMILES string of the molecule is CCCC#CCOCC(=O)c1ccc(C=CC(C(=O)OCC)C(=O)OCC)cc1. The molecule has 0 saturated carbocycles. The van der Waals surface area contributed by atoms with Crippen LogP contribution in [0.1, 0.15) is 49.5 Å². The van der Waals surface area contributed by atoms with Gasteiger partial charge >= 0.3 is 11.9 Å². The van der Waals surface area contributed by atoms with Crippen molar-refractivity contribution in [3.05, 3.63) is 41.5 Å². The fourth-order valence-corrected chi connectivity index (χ4v) is 2.25. The highest BCUT2D eigenvalue weighted by Crippen LogP contribution is 2.12. The van der Waals surface area contributed by atoms with Gasteiger partial charge in [0.25, 0.3) is 0 Å². The molecule has 0 spiro atoms. The Hall–Kier alpha value is -2.91. The lowest BCUT2D eigenvalue weighted by Gasteiger charge is -2.10. The summed E-state index contributed by atoms with van der Waals surface area (Å²) in [5, 5.41) is 0. The molecule has 6 nitrogen and oxygen atoms in total. The molecule has 1 aromatic rings. The van der Waals surface area contributed by atoms with Crippen molar-refractivity contribution in [2.45, 2.75) is 33.6 Å². The molecular formula is C23H28O6. The van der Waals surface area contributed by atoms with Gasteiger partial charge in [-0.2, -0.15) is 0 Å². The van der Waals surface area contributed by atoms with Gasteiger partial charge in [-0.15, -0.1) is 5.92 Å². The van der Waals surface area contributed by atoms with E-state index in [1.54, 1.807) is 44.2 Å². The van der Waals surface area contributed by atoms with Crippen molar-refractivity contribution in [3.8, 4) is 11.8 Å². The Morgan fingerprint density at radius 2 is 1.59 bits per heavy atom. The zero-order chi connectivity index (χ0) is 21.5. The van der Waals surface area contributed by atoms with Crippen molar-refractivity contribution in [1.82, 2.24) is 0 Å². The number of esters is 2. The van der Waals surface area contributed by atoms with Crippen molar-refractivity contribution in [2.24, 2.45) is 5.92 Å². The van der Waals surface area contributed by atoms with Gasteiger partial charge in [0, 0.05) is 12.0 Å². The quantitative estimate of drug-likeness (QED) is 0.186. The fourth-order valence-electron chi connectivity index (χ4n) is 2.25. The van der Waals surface area contributed by atoms with Crippen molar-refractivity contribution >= 4 is 23.8 Å². The number of carbonyl (C=O) groups is 3. The summed E-state index contributed by atoms with van der Waals surface area (Å²) in [4.78, 5) is 36.1. The highest BCUT2D eigenvalue weighted by Gasteiger charge is 2.26. The van der Waals surface area contributed by atoms with Crippen LogP contribution in [0, 0.1) is 17.8 Å². The molecule has 1 rings (SSSR count). The van der Waals surface area contributed by atoms with Crippen molar-refractivity contribution in [3.63, 3.8) is 0 Å². The Morgan fingerprint density at radius 1 is 0.966 bits per heavy atom. The second-order valence-corrected chi connectivity index (χ2v) is 5.98. The molecule has 29 heavy (non-hydrogen) atoms. The minimum Gasteiger partial charge on any atom is -0.465 e. The summed E-state index contributed by atoms with van der Waals surface area (Å²) in [6.07, 6.45) is 4.87. The third-order valence-electron chi connectivity index (χ3n) is 3.70. The number of Topliss-reactive ketones (excluding diaryl/α,β-unsaturated/α-hetero) is 1. The number of ether oxygens (including phenoxy) is 3. The molecule has 0 aliphatic carbocycles. The number of unbranched alkanes of at least 4 members (excludes halogenated alkanes) is 1. The van der Waals surface area contributed by atoms with E-state index >= 15 is 0 Å². The highest BCUT2D eigenvalue weighted by molar-refractivity contribution is 5.98. The lowest BCUT2D eigenvalue weighted by atomic mass is 10.1. The van der Waals surface area contributed by atoms with Crippen LogP contribution in [0.2, 0.25) is 0 Å². The standard InChI is InChI=1S/C23H28O6/c1-4-7-8-9-16-27-17-21(24)19-13-10-18(11-14-19)12-15-20(22(25)28-5-2)23(26)29-6-3/h10-15,20H,4-7,16-17H2,1-3H3. The van der Waals surface area contributed by atoms with Crippen LogP contribution < -0.4 is 0 Å². The maximum absolute atomic E-state index is 12.1. The first-order chi connectivity index (χ1) is 14.0. The molecule has 0 atom stereocenters. The van der Waals surface area contributed by atoms with Gasteiger partial charge in [-0.3, -0.25) is 14.4 Å². The van der Waals surface area contributed by atoms with Gasteiger partial charge in [0.05, 0.1) is 13.2 Å². The first-order valence-electron chi connectivity index (χ1n) is 9.71. The molecule has 0 fully saturated rings. The number of ketones is 1. The van der Waals surface area contributed by atoms with Crippen LogP contribution in [-0.2, 0) is 23.8 Å². The summed E-state index contributed by atoms with van der Waals surface area (Å²) in [5.74, 6) is 3.22. The summed E-state index contributed by atoms with van der Waals surface area (Å²) in [6, 6.07) is 6.77. The molecule has 1 aromatic carbocycles. The number of hydrogen-bond acceptors (Lipinski definition) is 6. The average Bonchev–Trinajstić information content (AvgIpc) is 2.71. The summed E-state index contributed by atoms with van der Waals surface area (Å²) >= 11 is 0. The van der Waals surface area contributed by atoms with E-state index in [1.165, 1.54) is 6.08 Å². The minimum atomic E-state index is -1.13. The molecule has 0 aliphatic rings. The van der Waals surface area contributed by atoms with Crippen molar-refractivity contribution in [2.75, 3.05) is 26.4 Å². The number of rotatable bonds is 11. The fraction of sp³-hybridized carbons (Fsp3) is 0.435. The van der Waals surface area contributed by atoms with Gasteiger partial charge in [0.1, 0.15) is 13.2 Å². The second-order valence-electron chi connectivity index (χ2n) is 5.98. The maximum Gasteiger partial charge on any atom is 0.324 e. The van der Waals surface area contributed by atoms with E-state index in [0.29, 0.717) is 5.56 Å². The summed E-state index contributed by atoms with van der Waals surface area (Å²) in [7, 11) is 0. The summed E-state index contributed by atoms with van der Waals surface area (Å²) < 4.78 is 15.1. The first-order valence-corrected chi connectivity index (χ1v) is 9.71. The molecular weight excluding hydrogens is 372 g/mol. The number of hydrogen-bond donors (Lipinski definition) is 0. The van der Waals surface area contributed by atoms with Crippen LogP contribution in [0.5, 0.6) is 0 Å². The average molecular weight is 400 g/mol. The van der Waals surface area contributed by atoms with E-state index in [9.17, 15) is 14.4 Å². The molecule has 0 unspecified atom stereocenters. The second kappa shape index (κ2) is 14.1. The van der Waals surface area contributed by atoms with Crippen molar-refractivity contribution in [1.29, 1.82) is 0 Å². The zero-order valence-corrected chi connectivity index (χ0v) is 17.2. The molecule has 156 valence electrons.